The van der Waals surface area contributed by atoms with E-state index in [1.165, 1.54) is 11.1 Å². The van der Waals surface area contributed by atoms with Crippen molar-refractivity contribution in [3.63, 3.8) is 0 Å². The maximum atomic E-state index is 12.6. The summed E-state index contributed by atoms with van der Waals surface area (Å²) in [7, 11) is 0. The number of piperidine rings is 1. The second-order valence-electron chi connectivity index (χ2n) is 5.95. The Balaban J connectivity index is 1.72. The highest BCUT2D eigenvalue weighted by atomic mass is 16.2. The van der Waals surface area contributed by atoms with E-state index in [-0.39, 0.29) is 6.04 Å². The third kappa shape index (κ3) is 2.59. The van der Waals surface area contributed by atoms with Gasteiger partial charge in [0.2, 0.25) is 5.91 Å². The smallest absolute Gasteiger partial charge is 0.239 e. The number of rotatable bonds is 3. The molecule has 3 rings (SSSR count). The molecule has 1 aromatic rings. The van der Waals surface area contributed by atoms with Crippen LogP contribution in [-0.4, -0.2) is 36.0 Å². The predicted molar refractivity (Wildman–Crippen MR) is 80.7 cm³/mol. The molecule has 20 heavy (non-hydrogen) atoms. The standard InChI is InChI=1S/C17H24N2O/c1-2-18-16-8-5-11-19(17(16)20)15-10-9-13-6-3-4-7-14(13)12-15/h3-4,6-7,15-16,18H,2,5,8-12H2,1H3. The Morgan fingerprint density at radius 2 is 2.05 bits per heavy atom. The summed E-state index contributed by atoms with van der Waals surface area (Å²) < 4.78 is 0. The number of likely N-dealkylation sites (tertiary alicyclic amines) is 1. The van der Waals surface area contributed by atoms with Gasteiger partial charge in [-0.25, -0.2) is 0 Å². The van der Waals surface area contributed by atoms with Gasteiger partial charge in [0, 0.05) is 12.6 Å². The molecule has 108 valence electrons. The molecule has 3 heteroatoms. The van der Waals surface area contributed by atoms with Gasteiger partial charge in [-0.1, -0.05) is 31.2 Å². The van der Waals surface area contributed by atoms with Crippen LogP contribution >= 0.6 is 0 Å². The summed E-state index contributed by atoms with van der Waals surface area (Å²) in [5.74, 6) is 0.322. The molecule has 1 aromatic carbocycles. The summed E-state index contributed by atoms with van der Waals surface area (Å²) in [5, 5.41) is 3.33. The van der Waals surface area contributed by atoms with Crippen molar-refractivity contribution in [1.29, 1.82) is 0 Å². The predicted octanol–water partition coefficient (Wildman–Crippen LogP) is 2.14. The third-order valence-corrected chi connectivity index (χ3v) is 4.69. The molecule has 0 bridgehead atoms. The molecule has 1 aliphatic carbocycles. The first kappa shape index (κ1) is 13.6. The Kier molecular flexibility index (Phi) is 4.06. The van der Waals surface area contributed by atoms with Crippen molar-refractivity contribution in [3.8, 4) is 0 Å². The molecule has 0 spiro atoms. The molecule has 1 fully saturated rings. The number of carbonyl (C=O) groups is 1. The van der Waals surface area contributed by atoms with Crippen LogP contribution in [0.2, 0.25) is 0 Å². The van der Waals surface area contributed by atoms with E-state index in [2.05, 4.69) is 41.4 Å². The van der Waals surface area contributed by atoms with E-state index in [1.54, 1.807) is 0 Å². The number of hydrogen-bond acceptors (Lipinski definition) is 2. The van der Waals surface area contributed by atoms with Crippen molar-refractivity contribution < 1.29 is 4.79 Å². The average Bonchev–Trinajstić information content (AvgIpc) is 2.49. The number of hydrogen-bond donors (Lipinski definition) is 1. The second-order valence-corrected chi connectivity index (χ2v) is 5.95. The van der Waals surface area contributed by atoms with Crippen molar-refractivity contribution in [2.75, 3.05) is 13.1 Å². The van der Waals surface area contributed by atoms with E-state index in [0.717, 1.165) is 45.2 Å². The van der Waals surface area contributed by atoms with Crippen LogP contribution < -0.4 is 5.32 Å². The van der Waals surface area contributed by atoms with E-state index in [0.29, 0.717) is 11.9 Å². The molecule has 0 saturated carbocycles. The van der Waals surface area contributed by atoms with Crippen molar-refractivity contribution in [3.05, 3.63) is 35.4 Å². The molecule has 1 N–H and O–H groups in total. The third-order valence-electron chi connectivity index (χ3n) is 4.69. The Labute approximate surface area is 121 Å². The van der Waals surface area contributed by atoms with E-state index in [9.17, 15) is 4.79 Å². The summed E-state index contributed by atoms with van der Waals surface area (Å²) in [6.07, 6.45) is 5.37. The number of carbonyl (C=O) groups excluding carboxylic acids is 1. The number of benzene rings is 1. The molecule has 1 amide bonds. The zero-order valence-corrected chi connectivity index (χ0v) is 12.3. The molecule has 0 aromatic heterocycles. The molecule has 2 aliphatic rings. The van der Waals surface area contributed by atoms with Crippen LogP contribution in [0.5, 0.6) is 0 Å². The fourth-order valence-electron chi connectivity index (χ4n) is 3.64. The highest BCUT2D eigenvalue weighted by Crippen LogP contribution is 2.27. The van der Waals surface area contributed by atoms with Gasteiger partial charge in [0.05, 0.1) is 6.04 Å². The lowest BCUT2D eigenvalue weighted by atomic mass is 9.86. The fraction of sp³-hybridized carbons (Fsp3) is 0.588. The highest BCUT2D eigenvalue weighted by Gasteiger charge is 2.34. The van der Waals surface area contributed by atoms with E-state index in [1.807, 2.05) is 0 Å². The van der Waals surface area contributed by atoms with Gasteiger partial charge in [0.25, 0.3) is 0 Å². The summed E-state index contributed by atoms with van der Waals surface area (Å²) in [6.45, 7) is 3.88. The van der Waals surface area contributed by atoms with Gasteiger partial charge in [-0.3, -0.25) is 4.79 Å². The summed E-state index contributed by atoms with van der Waals surface area (Å²) in [4.78, 5) is 14.7. The maximum absolute atomic E-state index is 12.6. The molecule has 3 nitrogen and oxygen atoms in total. The number of nitrogens with one attached hydrogen (secondary N) is 1. The Bertz CT molecular complexity index is 484. The van der Waals surface area contributed by atoms with Crippen LogP contribution in [0.4, 0.5) is 0 Å². The molecular weight excluding hydrogens is 248 g/mol. The minimum absolute atomic E-state index is 0.0471. The van der Waals surface area contributed by atoms with Crippen LogP contribution in [0.15, 0.2) is 24.3 Å². The summed E-state index contributed by atoms with van der Waals surface area (Å²) in [5.41, 5.74) is 2.90. The van der Waals surface area contributed by atoms with Gasteiger partial charge in [-0.15, -0.1) is 0 Å². The molecular formula is C17H24N2O. The lowest BCUT2D eigenvalue weighted by molar-refractivity contribution is -0.138. The summed E-state index contributed by atoms with van der Waals surface area (Å²) >= 11 is 0. The number of amides is 1. The Morgan fingerprint density at radius 3 is 2.85 bits per heavy atom. The SMILES string of the molecule is CCNC1CCCN(C2CCc3ccccc3C2)C1=O. The number of aryl methyl sites for hydroxylation is 1. The molecule has 0 radical (unpaired) electrons. The Hall–Kier alpha value is -1.35. The van der Waals surface area contributed by atoms with Crippen LogP contribution in [0.1, 0.15) is 37.3 Å². The summed E-state index contributed by atoms with van der Waals surface area (Å²) in [6, 6.07) is 9.13. The number of nitrogens with zero attached hydrogens (tertiary/aromatic N) is 1. The first-order valence-electron chi connectivity index (χ1n) is 7.90. The molecule has 2 atom stereocenters. The van der Waals surface area contributed by atoms with Crippen molar-refractivity contribution >= 4 is 5.91 Å². The quantitative estimate of drug-likeness (QED) is 0.914. The topological polar surface area (TPSA) is 32.3 Å². The zero-order chi connectivity index (χ0) is 13.9. The lowest BCUT2D eigenvalue weighted by Gasteiger charge is -2.40. The highest BCUT2D eigenvalue weighted by molar-refractivity contribution is 5.83. The van der Waals surface area contributed by atoms with Crippen molar-refractivity contribution in [2.45, 2.75) is 51.1 Å². The normalized spacial score (nSPS) is 26.4. The number of fused-ring (bicyclic) bond motifs is 1. The fourth-order valence-corrected chi connectivity index (χ4v) is 3.64. The second kappa shape index (κ2) is 5.96. The number of likely N-dealkylation sites (N-methyl/N-ethyl adjacent to an activating group) is 1. The van der Waals surface area contributed by atoms with E-state index < -0.39 is 0 Å². The van der Waals surface area contributed by atoms with E-state index >= 15 is 0 Å². The van der Waals surface area contributed by atoms with Crippen LogP contribution in [0.3, 0.4) is 0 Å². The van der Waals surface area contributed by atoms with Gasteiger partial charge in [-0.05, 0) is 49.8 Å². The van der Waals surface area contributed by atoms with Crippen LogP contribution in [0.25, 0.3) is 0 Å². The molecule has 1 heterocycles. The van der Waals surface area contributed by atoms with Gasteiger partial charge in [-0.2, -0.15) is 0 Å². The van der Waals surface area contributed by atoms with Crippen LogP contribution in [0, 0.1) is 0 Å². The first-order chi connectivity index (χ1) is 9.79. The van der Waals surface area contributed by atoms with Crippen LogP contribution in [-0.2, 0) is 17.6 Å². The van der Waals surface area contributed by atoms with Crippen molar-refractivity contribution in [2.24, 2.45) is 0 Å². The van der Waals surface area contributed by atoms with Gasteiger partial charge in [0.1, 0.15) is 0 Å². The van der Waals surface area contributed by atoms with Crippen molar-refractivity contribution in [1.82, 2.24) is 10.2 Å². The minimum Gasteiger partial charge on any atom is -0.338 e. The van der Waals surface area contributed by atoms with Gasteiger partial charge in [0.15, 0.2) is 0 Å². The molecule has 1 aliphatic heterocycles. The zero-order valence-electron chi connectivity index (χ0n) is 12.3. The van der Waals surface area contributed by atoms with Gasteiger partial charge >= 0.3 is 0 Å². The molecule has 2 unspecified atom stereocenters. The largest absolute Gasteiger partial charge is 0.338 e. The Morgan fingerprint density at radius 1 is 1.25 bits per heavy atom. The monoisotopic (exact) mass is 272 g/mol. The first-order valence-corrected chi connectivity index (χ1v) is 7.90. The minimum atomic E-state index is 0.0471. The molecule has 1 saturated heterocycles. The van der Waals surface area contributed by atoms with Gasteiger partial charge < -0.3 is 10.2 Å². The average molecular weight is 272 g/mol. The lowest BCUT2D eigenvalue weighted by Crippen LogP contribution is -2.55. The maximum Gasteiger partial charge on any atom is 0.239 e. The van der Waals surface area contributed by atoms with E-state index in [4.69, 9.17) is 0 Å².